The Morgan fingerprint density at radius 2 is 1.88 bits per heavy atom. The van der Waals surface area contributed by atoms with Gasteiger partial charge in [-0.1, -0.05) is 19.6 Å². The van der Waals surface area contributed by atoms with E-state index in [2.05, 4.69) is 24.6 Å². The summed E-state index contributed by atoms with van der Waals surface area (Å²) in [4.78, 5) is 20.6. The number of nitrogens with zero attached hydrogens (tertiary/aromatic N) is 5. The Kier molecular flexibility index (Phi) is 8.49. The van der Waals surface area contributed by atoms with Gasteiger partial charge in [-0.2, -0.15) is 13.2 Å². The molecule has 0 bridgehead atoms. The van der Waals surface area contributed by atoms with Crippen LogP contribution in [0.4, 0.5) is 18.9 Å². The van der Waals surface area contributed by atoms with Crippen molar-refractivity contribution >= 4 is 40.7 Å². The number of carbonyl (C=O) groups excluding carboxylic acids is 1. The molecule has 2 aromatic rings. The second kappa shape index (κ2) is 11.5. The number of anilines is 1. The molecule has 1 saturated heterocycles. The van der Waals surface area contributed by atoms with E-state index in [4.69, 9.17) is 4.74 Å². The van der Waals surface area contributed by atoms with Gasteiger partial charge in [0.2, 0.25) is 10.0 Å². The average molecular weight is 616 g/mol. The summed E-state index contributed by atoms with van der Waals surface area (Å²) in [5.74, 6) is -0.263. The zero-order chi connectivity index (χ0) is 29.6. The molecule has 3 aliphatic rings. The van der Waals surface area contributed by atoms with Gasteiger partial charge in [0.15, 0.2) is 0 Å². The summed E-state index contributed by atoms with van der Waals surface area (Å²) in [6.07, 6.45) is 2.34. The molecule has 0 N–H and O–H groups in total. The molecule has 2 aliphatic heterocycles. The first-order valence-electron chi connectivity index (χ1n) is 14.4. The normalized spacial score (nSPS) is 23.9. The fourth-order valence-electron chi connectivity index (χ4n) is 6.19. The molecule has 2 fully saturated rings. The summed E-state index contributed by atoms with van der Waals surface area (Å²) in [5, 5.41) is 0.724. The molecule has 228 valence electrons. The number of sulfonamides is 1. The fraction of sp³-hybridized carbons (Fsp3) is 0.704. The van der Waals surface area contributed by atoms with Crippen molar-refractivity contribution in [3.63, 3.8) is 0 Å². The summed E-state index contributed by atoms with van der Waals surface area (Å²) < 4.78 is 74.3. The molecule has 0 radical (unpaired) electrons. The van der Waals surface area contributed by atoms with Crippen molar-refractivity contribution in [1.29, 1.82) is 0 Å². The maximum atomic E-state index is 13.4. The van der Waals surface area contributed by atoms with E-state index in [1.165, 1.54) is 6.20 Å². The molecule has 1 saturated carbocycles. The van der Waals surface area contributed by atoms with Crippen LogP contribution in [0.1, 0.15) is 42.5 Å². The Labute approximate surface area is 240 Å². The van der Waals surface area contributed by atoms with Gasteiger partial charge in [0, 0.05) is 51.6 Å². The number of hydrogen-bond donors (Lipinski definition) is 0. The van der Waals surface area contributed by atoms with Crippen LogP contribution in [0.15, 0.2) is 18.5 Å². The number of halogens is 3. The standard InChI is InChI=1S/C27H40F3N5O4SSi/c1-41(2,3)14-12-39-19-32-11-9-22-24-23(15-31-25(22)32)26(36)33(17-27(28,29)30)18-35(24)21-7-5-20(6-8-21)16-34-10-4-13-40(34,37)38/h9,11,15,20-21H,4-8,10,12-14,16-19H2,1-3H3. The van der Waals surface area contributed by atoms with Crippen molar-refractivity contribution in [3.8, 4) is 0 Å². The second-order valence-corrected chi connectivity index (χ2v) is 20.5. The number of alkyl halides is 3. The highest BCUT2D eigenvalue weighted by atomic mass is 32.2. The second-order valence-electron chi connectivity index (χ2n) is 12.8. The van der Waals surface area contributed by atoms with Crippen LogP contribution in [0.2, 0.25) is 25.7 Å². The molecule has 0 aromatic carbocycles. The molecular formula is C27H40F3N5O4SSi. The van der Waals surface area contributed by atoms with Crippen molar-refractivity contribution in [2.75, 3.05) is 43.6 Å². The van der Waals surface area contributed by atoms with Gasteiger partial charge in [0.05, 0.1) is 23.7 Å². The van der Waals surface area contributed by atoms with E-state index in [0.29, 0.717) is 57.0 Å². The highest BCUT2D eigenvalue weighted by molar-refractivity contribution is 7.89. The Bertz CT molecular complexity index is 1370. The van der Waals surface area contributed by atoms with Crippen molar-refractivity contribution < 1.29 is 31.1 Å². The lowest BCUT2D eigenvalue weighted by molar-refractivity contribution is -0.141. The average Bonchev–Trinajstić information content (AvgIpc) is 3.44. The molecule has 1 aliphatic carbocycles. The Balaban J connectivity index is 1.38. The predicted octanol–water partition coefficient (Wildman–Crippen LogP) is 4.72. The third kappa shape index (κ3) is 6.91. The monoisotopic (exact) mass is 615 g/mol. The van der Waals surface area contributed by atoms with E-state index in [0.717, 1.165) is 29.2 Å². The molecule has 0 atom stereocenters. The highest BCUT2D eigenvalue weighted by Gasteiger charge is 2.41. The van der Waals surface area contributed by atoms with Crippen LogP contribution < -0.4 is 4.90 Å². The molecule has 4 heterocycles. The Morgan fingerprint density at radius 1 is 1.15 bits per heavy atom. The zero-order valence-electron chi connectivity index (χ0n) is 24.0. The SMILES string of the molecule is C[Si](C)(C)CCOCn1ccc2c3c(cnc21)C(=O)N(CC(F)(F)F)CN3C1CCC(CN2CCCS2(=O)=O)CC1. The van der Waals surface area contributed by atoms with Crippen molar-refractivity contribution in [1.82, 2.24) is 18.8 Å². The minimum atomic E-state index is -4.52. The third-order valence-corrected chi connectivity index (χ3v) is 12.0. The Morgan fingerprint density at radius 3 is 2.51 bits per heavy atom. The minimum absolute atomic E-state index is 0.0778. The van der Waals surface area contributed by atoms with Crippen LogP contribution >= 0.6 is 0 Å². The number of fused-ring (bicyclic) bond motifs is 3. The van der Waals surface area contributed by atoms with Gasteiger partial charge in [-0.05, 0) is 50.1 Å². The quantitative estimate of drug-likeness (QED) is 0.300. The lowest BCUT2D eigenvalue weighted by Gasteiger charge is -2.45. The van der Waals surface area contributed by atoms with Gasteiger partial charge in [-0.25, -0.2) is 17.7 Å². The molecule has 5 rings (SSSR count). The van der Waals surface area contributed by atoms with Gasteiger partial charge >= 0.3 is 6.18 Å². The zero-order valence-corrected chi connectivity index (χ0v) is 25.8. The molecule has 14 heteroatoms. The topological polar surface area (TPSA) is 88.0 Å². The van der Waals surface area contributed by atoms with E-state index >= 15 is 0 Å². The molecule has 0 spiro atoms. The van der Waals surface area contributed by atoms with E-state index in [1.54, 1.807) is 4.31 Å². The molecule has 9 nitrogen and oxygen atoms in total. The smallest absolute Gasteiger partial charge is 0.361 e. The lowest BCUT2D eigenvalue weighted by atomic mass is 9.84. The number of aromatic nitrogens is 2. The van der Waals surface area contributed by atoms with Crippen LogP contribution in [0, 0.1) is 5.92 Å². The first-order valence-corrected chi connectivity index (χ1v) is 19.7. The van der Waals surface area contributed by atoms with Crippen molar-refractivity contribution in [3.05, 3.63) is 24.0 Å². The van der Waals surface area contributed by atoms with Gasteiger partial charge in [0.25, 0.3) is 5.91 Å². The third-order valence-electron chi connectivity index (χ3n) is 8.41. The molecule has 0 unspecified atom stereocenters. The van der Waals surface area contributed by atoms with Crippen LogP contribution in [-0.2, 0) is 21.5 Å². The van der Waals surface area contributed by atoms with E-state index in [9.17, 15) is 26.4 Å². The molecular weight excluding hydrogens is 575 g/mol. The summed E-state index contributed by atoms with van der Waals surface area (Å²) in [6, 6.07) is 2.82. The number of carbonyl (C=O) groups is 1. The lowest BCUT2D eigenvalue weighted by Crippen LogP contribution is -2.54. The highest BCUT2D eigenvalue weighted by Crippen LogP contribution is 2.40. The largest absolute Gasteiger partial charge is 0.406 e. The first-order chi connectivity index (χ1) is 19.2. The van der Waals surface area contributed by atoms with Crippen LogP contribution in [0.25, 0.3) is 11.0 Å². The van der Waals surface area contributed by atoms with Crippen LogP contribution in [-0.4, -0.2) is 92.0 Å². The number of pyridine rings is 1. The van der Waals surface area contributed by atoms with Crippen molar-refractivity contribution in [2.24, 2.45) is 5.92 Å². The molecule has 2 aromatic heterocycles. The molecule has 41 heavy (non-hydrogen) atoms. The Hall–Kier alpha value is -2.16. The van der Waals surface area contributed by atoms with Crippen LogP contribution in [0.3, 0.4) is 0 Å². The van der Waals surface area contributed by atoms with Crippen LogP contribution in [0.5, 0.6) is 0 Å². The minimum Gasteiger partial charge on any atom is -0.361 e. The predicted molar refractivity (Wildman–Crippen MR) is 154 cm³/mol. The van der Waals surface area contributed by atoms with E-state index < -0.39 is 36.7 Å². The van der Waals surface area contributed by atoms with E-state index in [-0.39, 0.29) is 29.9 Å². The fourth-order valence-corrected chi connectivity index (χ4v) is 8.54. The number of ether oxygens (including phenoxy) is 1. The number of amides is 1. The summed E-state index contributed by atoms with van der Waals surface area (Å²) in [6.45, 7) is 7.36. The maximum absolute atomic E-state index is 13.4. The van der Waals surface area contributed by atoms with Gasteiger partial charge < -0.3 is 19.1 Å². The summed E-state index contributed by atoms with van der Waals surface area (Å²) >= 11 is 0. The van der Waals surface area contributed by atoms with Gasteiger partial charge in [-0.15, -0.1) is 0 Å². The van der Waals surface area contributed by atoms with Crippen molar-refractivity contribution in [2.45, 2.75) is 76.7 Å². The first kappa shape index (κ1) is 30.3. The van der Waals surface area contributed by atoms with E-state index in [1.807, 2.05) is 21.7 Å². The molecule has 1 amide bonds. The number of hydrogen-bond acceptors (Lipinski definition) is 6. The van der Waals surface area contributed by atoms with Gasteiger partial charge in [-0.3, -0.25) is 4.79 Å². The van der Waals surface area contributed by atoms with Gasteiger partial charge in [0.1, 0.15) is 18.9 Å². The summed E-state index contributed by atoms with van der Waals surface area (Å²) in [7, 11) is -4.42. The number of rotatable bonds is 9. The maximum Gasteiger partial charge on any atom is 0.406 e. The summed E-state index contributed by atoms with van der Waals surface area (Å²) in [5.41, 5.74) is 1.44.